The topological polar surface area (TPSA) is 54.3 Å². The van der Waals surface area contributed by atoms with Crippen LogP contribution in [-0.2, 0) is 4.79 Å². The van der Waals surface area contributed by atoms with Crippen LogP contribution < -0.4 is 4.90 Å². The smallest absolute Gasteiger partial charge is 0.225 e. The molecule has 1 amide bonds. The second-order valence-corrected chi connectivity index (χ2v) is 5.81. The third-order valence-corrected chi connectivity index (χ3v) is 4.15. The van der Waals surface area contributed by atoms with Crippen LogP contribution in [0.4, 0.5) is 5.69 Å². The van der Waals surface area contributed by atoms with E-state index in [0.29, 0.717) is 0 Å². The van der Waals surface area contributed by atoms with Crippen molar-refractivity contribution in [3.05, 3.63) is 36.9 Å². The lowest BCUT2D eigenvalue weighted by atomic mass is 9.95. The predicted octanol–water partition coefficient (Wildman–Crippen LogP) is 1.57. The van der Waals surface area contributed by atoms with Crippen LogP contribution in [0, 0.1) is 5.92 Å². The van der Waals surface area contributed by atoms with Gasteiger partial charge in [0.15, 0.2) is 0 Å². The molecule has 1 aliphatic rings. The van der Waals surface area contributed by atoms with Gasteiger partial charge in [0.1, 0.15) is 0 Å². The van der Waals surface area contributed by atoms with Gasteiger partial charge >= 0.3 is 0 Å². The van der Waals surface area contributed by atoms with Crippen molar-refractivity contribution < 1.29 is 4.79 Å². The maximum absolute atomic E-state index is 12.1. The Morgan fingerprint density at radius 3 is 2.64 bits per heavy atom. The van der Waals surface area contributed by atoms with Gasteiger partial charge in [0, 0.05) is 51.7 Å². The van der Waals surface area contributed by atoms with E-state index in [1.807, 2.05) is 43.3 Å². The molecule has 0 atom stereocenters. The molecule has 3 heterocycles. The lowest BCUT2D eigenvalue weighted by Gasteiger charge is -2.34. The Kier molecular flexibility index (Phi) is 4.09. The fraction of sp³-hybridized carbons (Fsp3) is 0.438. The first-order valence-corrected chi connectivity index (χ1v) is 7.57. The molecular formula is C16H21N5O. The van der Waals surface area contributed by atoms with E-state index < -0.39 is 0 Å². The highest BCUT2D eigenvalue weighted by Crippen LogP contribution is 2.28. The molecule has 2 aromatic rings. The van der Waals surface area contributed by atoms with Crippen molar-refractivity contribution in [2.45, 2.75) is 12.8 Å². The van der Waals surface area contributed by atoms with Crippen molar-refractivity contribution in [2.24, 2.45) is 5.92 Å². The monoisotopic (exact) mass is 299 g/mol. The van der Waals surface area contributed by atoms with Crippen molar-refractivity contribution in [1.29, 1.82) is 0 Å². The minimum atomic E-state index is 0.135. The highest BCUT2D eigenvalue weighted by Gasteiger charge is 2.27. The maximum atomic E-state index is 12.1. The van der Waals surface area contributed by atoms with Crippen LogP contribution in [0.1, 0.15) is 12.8 Å². The normalized spacial score (nSPS) is 15.8. The molecule has 3 rings (SSSR count). The summed E-state index contributed by atoms with van der Waals surface area (Å²) in [7, 11) is 3.65. The van der Waals surface area contributed by atoms with Gasteiger partial charge in [-0.15, -0.1) is 0 Å². The third-order valence-electron chi connectivity index (χ3n) is 4.15. The summed E-state index contributed by atoms with van der Waals surface area (Å²) in [6.45, 7) is 1.73. The molecule has 22 heavy (non-hydrogen) atoms. The molecule has 0 aromatic carbocycles. The van der Waals surface area contributed by atoms with E-state index in [2.05, 4.69) is 15.0 Å². The van der Waals surface area contributed by atoms with E-state index in [-0.39, 0.29) is 11.8 Å². The molecule has 0 spiro atoms. The molecule has 0 unspecified atom stereocenters. The summed E-state index contributed by atoms with van der Waals surface area (Å²) in [5.41, 5.74) is 2.10. The number of amides is 1. The Labute approximate surface area is 130 Å². The third kappa shape index (κ3) is 2.81. The Morgan fingerprint density at radius 1 is 1.23 bits per heavy atom. The van der Waals surface area contributed by atoms with E-state index in [0.717, 1.165) is 37.3 Å². The molecule has 0 bridgehead atoms. The van der Waals surface area contributed by atoms with Crippen LogP contribution in [0.15, 0.2) is 36.9 Å². The van der Waals surface area contributed by atoms with Crippen molar-refractivity contribution in [2.75, 3.05) is 32.1 Å². The number of aromatic nitrogens is 3. The number of hydrogen-bond acceptors (Lipinski definition) is 4. The molecule has 1 saturated heterocycles. The Balaban J connectivity index is 1.76. The van der Waals surface area contributed by atoms with E-state index in [9.17, 15) is 4.79 Å². The van der Waals surface area contributed by atoms with Gasteiger partial charge in [-0.3, -0.25) is 9.78 Å². The van der Waals surface area contributed by atoms with Crippen LogP contribution in [0.25, 0.3) is 5.69 Å². The number of piperidine rings is 1. The molecule has 6 nitrogen and oxygen atoms in total. The second-order valence-electron chi connectivity index (χ2n) is 5.81. The number of pyridine rings is 1. The number of carbonyl (C=O) groups excluding carboxylic acids is 1. The van der Waals surface area contributed by atoms with Crippen molar-refractivity contribution in [1.82, 2.24) is 19.7 Å². The van der Waals surface area contributed by atoms with Crippen molar-refractivity contribution >= 4 is 11.6 Å². The Hall–Kier alpha value is -2.37. The van der Waals surface area contributed by atoms with Gasteiger partial charge in [-0.2, -0.15) is 5.10 Å². The van der Waals surface area contributed by atoms with Crippen LogP contribution in [0.2, 0.25) is 0 Å². The van der Waals surface area contributed by atoms with Gasteiger partial charge in [0.2, 0.25) is 5.91 Å². The van der Waals surface area contributed by atoms with E-state index >= 15 is 0 Å². The zero-order valence-electron chi connectivity index (χ0n) is 13.0. The maximum Gasteiger partial charge on any atom is 0.225 e. The summed E-state index contributed by atoms with van der Waals surface area (Å²) in [4.78, 5) is 20.3. The predicted molar refractivity (Wildman–Crippen MR) is 85.0 cm³/mol. The quantitative estimate of drug-likeness (QED) is 0.863. The highest BCUT2D eigenvalue weighted by molar-refractivity contribution is 5.78. The van der Waals surface area contributed by atoms with E-state index in [1.54, 1.807) is 17.3 Å². The van der Waals surface area contributed by atoms with Gasteiger partial charge in [0.05, 0.1) is 17.6 Å². The highest BCUT2D eigenvalue weighted by atomic mass is 16.2. The number of anilines is 1. The Bertz CT molecular complexity index is 630. The van der Waals surface area contributed by atoms with E-state index in [1.165, 1.54) is 0 Å². The minimum Gasteiger partial charge on any atom is -0.368 e. The molecule has 0 radical (unpaired) electrons. The van der Waals surface area contributed by atoms with Crippen LogP contribution in [-0.4, -0.2) is 52.8 Å². The largest absolute Gasteiger partial charge is 0.368 e. The van der Waals surface area contributed by atoms with Gasteiger partial charge < -0.3 is 9.80 Å². The zero-order valence-corrected chi connectivity index (χ0v) is 13.0. The fourth-order valence-electron chi connectivity index (χ4n) is 2.96. The number of hydrogen-bond donors (Lipinski definition) is 0. The first kappa shape index (κ1) is 14.6. The molecule has 2 aromatic heterocycles. The number of carbonyl (C=O) groups is 1. The SMILES string of the molecule is CN(C)C(=O)C1CCN(c2cnccc2-n2cccn2)CC1. The summed E-state index contributed by atoms with van der Waals surface area (Å²) in [6, 6.07) is 3.88. The molecule has 116 valence electrons. The first-order chi connectivity index (χ1) is 10.7. The van der Waals surface area contributed by atoms with Gasteiger partial charge in [0.25, 0.3) is 0 Å². The Morgan fingerprint density at radius 2 is 2.00 bits per heavy atom. The molecular weight excluding hydrogens is 278 g/mol. The van der Waals surface area contributed by atoms with Gasteiger partial charge in [-0.25, -0.2) is 4.68 Å². The summed E-state index contributed by atoms with van der Waals surface area (Å²) in [5.74, 6) is 0.370. The number of nitrogens with zero attached hydrogens (tertiary/aromatic N) is 5. The van der Waals surface area contributed by atoms with Crippen molar-refractivity contribution in [3.63, 3.8) is 0 Å². The van der Waals surface area contributed by atoms with E-state index in [4.69, 9.17) is 0 Å². The van der Waals surface area contributed by atoms with Crippen LogP contribution in [0.5, 0.6) is 0 Å². The standard InChI is InChI=1S/C16H21N5O/c1-19(2)16(22)13-5-10-20(11-6-13)15-12-17-8-4-14(15)21-9-3-7-18-21/h3-4,7-9,12-13H,5-6,10-11H2,1-2H3. The molecule has 0 saturated carbocycles. The van der Waals surface area contributed by atoms with Gasteiger partial charge in [-0.05, 0) is 25.0 Å². The van der Waals surface area contributed by atoms with Crippen LogP contribution >= 0.6 is 0 Å². The summed E-state index contributed by atoms with van der Waals surface area (Å²) in [5, 5.41) is 4.31. The van der Waals surface area contributed by atoms with Crippen molar-refractivity contribution in [3.8, 4) is 5.69 Å². The van der Waals surface area contributed by atoms with Crippen LogP contribution in [0.3, 0.4) is 0 Å². The lowest BCUT2D eigenvalue weighted by Crippen LogP contribution is -2.40. The summed E-state index contributed by atoms with van der Waals surface area (Å²) in [6.07, 6.45) is 9.12. The minimum absolute atomic E-state index is 0.135. The second kappa shape index (κ2) is 6.17. The molecule has 0 aliphatic carbocycles. The first-order valence-electron chi connectivity index (χ1n) is 7.57. The summed E-state index contributed by atoms with van der Waals surface area (Å²) >= 11 is 0. The summed E-state index contributed by atoms with van der Waals surface area (Å²) < 4.78 is 1.86. The molecule has 0 N–H and O–H groups in total. The molecule has 1 aliphatic heterocycles. The average molecular weight is 299 g/mol. The van der Waals surface area contributed by atoms with Gasteiger partial charge in [-0.1, -0.05) is 0 Å². The average Bonchev–Trinajstić information content (AvgIpc) is 3.08. The fourth-order valence-corrected chi connectivity index (χ4v) is 2.96. The molecule has 6 heteroatoms. The molecule has 1 fully saturated rings. The lowest BCUT2D eigenvalue weighted by molar-refractivity contribution is -0.133. The zero-order chi connectivity index (χ0) is 15.5. The number of rotatable bonds is 3.